The molecule has 3 amide bonds. The molecule has 1 unspecified atom stereocenters. The lowest BCUT2D eigenvalue weighted by Gasteiger charge is -2.24. The summed E-state index contributed by atoms with van der Waals surface area (Å²) in [4.78, 5) is 39.3. The maximum atomic E-state index is 12.8. The molecule has 3 N–H and O–H groups in total. The summed E-state index contributed by atoms with van der Waals surface area (Å²) in [5.74, 6) is -0.00770. The van der Waals surface area contributed by atoms with Gasteiger partial charge in [-0.15, -0.1) is 0 Å². The van der Waals surface area contributed by atoms with Gasteiger partial charge in [-0.2, -0.15) is 5.10 Å². The van der Waals surface area contributed by atoms with E-state index in [1.54, 1.807) is 34.7 Å². The first-order valence-corrected chi connectivity index (χ1v) is 9.94. The predicted octanol–water partition coefficient (Wildman–Crippen LogP) is 0.612. The number of carbonyl (C=O) groups is 3. The van der Waals surface area contributed by atoms with Gasteiger partial charge in [-0.05, 0) is 36.7 Å². The third kappa shape index (κ3) is 3.80. The number of nitrogens with zero attached hydrogens (tertiary/aromatic N) is 3. The number of aromatic nitrogens is 3. The molecule has 1 aliphatic carbocycles. The van der Waals surface area contributed by atoms with E-state index in [1.165, 1.54) is 0 Å². The highest BCUT2D eigenvalue weighted by atomic mass is 32.1. The molecule has 9 nitrogen and oxygen atoms in total. The van der Waals surface area contributed by atoms with Gasteiger partial charge in [0.05, 0.1) is 6.54 Å². The highest BCUT2D eigenvalue weighted by Crippen LogP contribution is 2.41. The third-order valence-corrected chi connectivity index (χ3v) is 5.62. The Hall–Kier alpha value is -3.01. The minimum absolute atomic E-state index is 0.100. The third-order valence-electron chi connectivity index (χ3n) is 5.25. The van der Waals surface area contributed by atoms with Gasteiger partial charge >= 0.3 is 0 Å². The van der Waals surface area contributed by atoms with Gasteiger partial charge in [0.1, 0.15) is 11.9 Å². The number of H-pyrrole nitrogens is 1. The summed E-state index contributed by atoms with van der Waals surface area (Å²) in [6.07, 6.45) is 2.32. The number of hydrogen-bond acceptors (Lipinski definition) is 5. The molecule has 2 aliphatic rings. The van der Waals surface area contributed by atoms with Crippen molar-refractivity contribution >= 4 is 29.9 Å². The summed E-state index contributed by atoms with van der Waals surface area (Å²) < 4.78 is 2.26. The van der Waals surface area contributed by atoms with E-state index in [2.05, 4.69) is 20.8 Å². The van der Waals surface area contributed by atoms with Crippen molar-refractivity contribution in [2.45, 2.75) is 31.3 Å². The Morgan fingerprint density at radius 1 is 1.28 bits per heavy atom. The molecule has 4 rings (SSSR count). The van der Waals surface area contributed by atoms with Crippen LogP contribution in [0.3, 0.4) is 0 Å². The largest absolute Gasteiger partial charge is 0.354 e. The van der Waals surface area contributed by atoms with Crippen LogP contribution in [0.5, 0.6) is 0 Å². The Labute approximate surface area is 172 Å². The number of carbonyl (C=O) groups excluding carboxylic acids is 3. The summed E-state index contributed by atoms with van der Waals surface area (Å²) >= 11 is 5.05. The fourth-order valence-electron chi connectivity index (χ4n) is 3.58. The zero-order valence-corrected chi connectivity index (χ0v) is 16.8. The van der Waals surface area contributed by atoms with Crippen LogP contribution in [0.1, 0.15) is 40.6 Å². The van der Waals surface area contributed by atoms with Crippen LogP contribution in [-0.4, -0.2) is 56.5 Å². The molecule has 1 saturated carbocycles. The van der Waals surface area contributed by atoms with Crippen molar-refractivity contribution in [2.24, 2.45) is 7.05 Å². The van der Waals surface area contributed by atoms with Crippen molar-refractivity contribution in [1.82, 2.24) is 30.3 Å². The molecule has 1 aliphatic heterocycles. The minimum atomic E-state index is -0.674. The second-order valence-corrected chi connectivity index (χ2v) is 7.64. The van der Waals surface area contributed by atoms with E-state index in [-0.39, 0.29) is 30.3 Å². The number of amides is 3. The molecule has 2 heterocycles. The van der Waals surface area contributed by atoms with Crippen molar-refractivity contribution in [3.8, 4) is 0 Å². The zero-order valence-electron chi connectivity index (χ0n) is 16.0. The van der Waals surface area contributed by atoms with Gasteiger partial charge in [-0.3, -0.25) is 19.5 Å². The molecule has 152 valence electrons. The van der Waals surface area contributed by atoms with E-state index in [9.17, 15) is 14.4 Å². The first-order valence-electron chi connectivity index (χ1n) is 9.53. The molecule has 0 saturated heterocycles. The second-order valence-electron chi connectivity index (χ2n) is 7.26. The number of benzene rings is 1. The summed E-state index contributed by atoms with van der Waals surface area (Å²) in [5, 5.41) is 12.2. The Balaban J connectivity index is 1.33. The monoisotopic (exact) mass is 414 g/mol. The van der Waals surface area contributed by atoms with E-state index in [1.807, 2.05) is 6.07 Å². The fourth-order valence-corrected chi connectivity index (χ4v) is 3.73. The lowest BCUT2D eigenvalue weighted by molar-refractivity contribution is -0.129. The smallest absolute Gasteiger partial charge is 0.255 e. The molecule has 1 aromatic carbocycles. The highest BCUT2D eigenvalue weighted by Gasteiger charge is 2.47. The lowest BCUT2D eigenvalue weighted by Crippen LogP contribution is -2.44. The quantitative estimate of drug-likeness (QED) is 0.575. The molecule has 2 aromatic rings. The maximum Gasteiger partial charge on any atom is 0.255 e. The van der Waals surface area contributed by atoms with Crippen LogP contribution in [0.25, 0.3) is 0 Å². The summed E-state index contributed by atoms with van der Waals surface area (Å²) in [6, 6.07) is 6.59. The number of rotatable bonds is 7. The van der Waals surface area contributed by atoms with Crippen LogP contribution < -0.4 is 10.6 Å². The number of hydrogen-bond donors (Lipinski definition) is 3. The minimum Gasteiger partial charge on any atom is -0.354 e. The first-order chi connectivity index (χ1) is 14.0. The van der Waals surface area contributed by atoms with Crippen LogP contribution >= 0.6 is 12.2 Å². The molecular weight excluding hydrogens is 392 g/mol. The van der Waals surface area contributed by atoms with Crippen LogP contribution in [0.4, 0.5) is 0 Å². The Morgan fingerprint density at radius 2 is 2.03 bits per heavy atom. The van der Waals surface area contributed by atoms with Gasteiger partial charge in [0, 0.05) is 31.6 Å². The van der Waals surface area contributed by atoms with Crippen molar-refractivity contribution in [1.29, 1.82) is 0 Å². The standard InChI is InChI=1S/C19H22N6O3S/c1-24-14(22-23-19(24)29)8-9-20-15(26)10-21-17(27)16-12-4-2-3-5-13(12)18(28)25(16)11-6-7-11/h2-5,11,16H,6-10H2,1H3,(H,20,26)(H,21,27)(H,23,29). The average molecular weight is 414 g/mol. The molecule has 0 radical (unpaired) electrons. The average Bonchev–Trinajstić information content (AvgIpc) is 3.45. The van der Waals surface area contributed by atoms with Crippen molar-refractivity contribution < 1.29 is 14.4 Å². The molecule has 1 aromatic heterocycles. The van der Waals surface area contributed by atoms with E-state index < -0.39 is 6.04 Å². The Morgan fingerprint density at radius 3 is 2.72 bits per heavy atom. The van der Waals surface area contributed by atoms with E-state index in [4.69, 9.17) is 12.2 Å². The maximum absolute atomic E-state index is 12.8. The number of nitrogens with one attached hydrogen (secondary N) is 3. The van der Waals surface area contributed by atoms with E-state index >= 15 is 0 Å². The molecule has 10 heteroatoms. The first kappa shape index (κ1) is 19.3. The van der Waals surface area contributed by atoms with Crippen LogP contribution in [0.15, 0.2) is 24.3 Å². The SMILES string of the molecule is Cn1c(CCNC(=O)CNC(=O)C2c3ccccc3C(=O)N2C2CC2)n[nH]c1=S. The van der Waals surface area contributed by atoms with E-state index in [0.29, 0.717) is 28.9 Å². The second kappa shape index (κ2) is 7.78. The van der Waals surface area contributed by atoms with E-state index in [0.717, 1.165) is 18.7 Å². The molecule has 29 heavy (non-hydrogen) atoms. The summed E-state index contributed by atoms with van der Waals surface area (Å²) in [7, 11) is 1.80. The Kier molecular flexibility index (Phi) is 5.18. The van der Waals surface area contributed by atoms with Crippen molar-refractivity contribution in [2.75, 3.05) is 13.1 Å². The fraction of sp³-hybridized carbons (Fsp3) is 0.421. The Bertz CT molecular complexity index is 1020. The van der Waals surface area contributed by atoms with Crippen molar-refractivity contribution in [3.05, 3.63) is 46.0 Å². The molecule has 0 bridgehead atoms. The summed E-state index contributed by atoms with van der Waals surface area (Å²) in [6.45, 7) is 0.226. The topological polar surface area (TPSA) is 112 Å². The van der Waals surface area contributed by atoms with Gasteiger partial charge in [0.15, 0.2) is 4.77 Å². The van der Waals surface area contributed by atoms with Gasteiger partial charge in [0.25, 0.3) is 5.91 Å². The van der Waals surface area contributed by atoms with Crippen molar-refractivity contribution in [3.63, 3.8) is 0 Å². The zero-order chi connectivity index (χ0) is 20.5. The van der Waals surface area contributed by atoms with Crippen LogP contribution in [0, 0.1) is 4.77 Å². The lowest BCUT2D eigenvalue weighted by atomic mass is 10.0. The molecular formula is C19H22N6O3S. The van der Waals surface area contributed by atoms with Gasteiger partial charge in [-0.1, -0.05) is 18.2 Å². The van der Waals surface area contributed by atoms with Crippen LogP contribution in [0.2, 0.25) is 0 Å². The summed E-state index contributed by atoms with van der Waals surface area (Å²) in [5.41, 5.74) is 1.27. The highest BCUT2D eigenvalue weighted by molar-refractivity contribution is 7.71. The molecule has 1 atom stereocenters. The van der Waals surface area contributed by atoms with Gasteiger partial charge < -0.3 is 20.1 Å². The number of aromatic amines is 1. The van der Waals surface area contributed by atoms with Crippen LogP contribution in [-0.2, 0) is 23.1 Å². The van der Waals surface area contributed by atoms with Gasteiger partial charge in [-0.25, -0.2) is 0 Å². The predicted molar refractivity (Wildman–Crippen MR) is 106 cm³/mol. The molecule has 0 spiro atoms. The number of fused-ring (bicyclic) bond motifs is 1. The normalized spacial score (nSPS) is 17.9. The van der Waals surface area contributed by atoms with Gasteiger partial charge in [0.2, 0.25) is 11.8 Å². The molecule has 1 fully saturated rings.